The van der Waals surface area contributed by atoms with E-state index in [1.54, 1.807) is 6.20 Å². The van der Waals surface area contributed by atoms with Gasteiger partial charge in [0.25, 0.3) is 5.89 Å². The molecule has 0 bridgehead atoms. The number of aryl methyl sites for hydroxylation is 1. The highest BCUT2D eigenvalue weighted by atomic mass is 35.5. The molecular weight excluding hydrogens is 262 g/mol. The lowest BCUT2D eigenvalue weighted by Crippen LogP contribution is -1.85. The Morgan fingerprint density at radius 2 is 2.05 bits per heavy atom. The summed E-state index contributed by atoms with van der Waals surface area (Å²) in [5.74, 6) is 0.845. The maximum absolute atomic E-state index is 6.18. The molecule has 0 aliphatic rings. The van der Waals surface area contributed by atoms with Gasteiger partial charge >= 0.3 is 0 Å². The summed E-state index contributed by atoms with van der Waals surface area (Å²) in [4.78, 5) is 8.49. The normalized spacial score (nSPS) is 10.6. The first-order valence-electron chi connectivity index (χ1n) is 5.76. The highest BCUT2D eigenvalue weighted by molar-refractivity contribution is 6.33. The summed E-state index contributed by atoms with van der Waals surface area (Å²) in [7, 11) is 0. The Balaban J connectivity index is 2.02. The molecule has 0 atom stereocenters. The summed E-state index contributed by atoms with van der Waals surface area (Å²) < 4.78 is 5.24. The van der Waals surface area contributed by atoms with Crippen molar-refractivity contribution in [3.05, 3.63) is 53.2 Å². The van der Waals surface area contributed by atoms with E-state index in [-0.39, 0.29) is 0 Å². The van der Waals surface area contributed by atoms with Crippen molar-refractivity contribution < 1.29 is 4.52 Å². The van der Waals surface area contributed by atoms with E-state index < -0.39 is 0 Å². The van der Waals surface area contributed by atoms with Gasteiger partial charge in [0, 0.05) is 6.20 Å². The lowest BCUT2D eigenvalue weighted by molar-refractivity contribution is 0.432. The molecule has 0 saturated carbocycles. The van der Waals surface area contributed by atoms with Gasteiger partial charge in [-0.3, -0.25) is 4.98 Å². The van der Waals surface area contributed by atoms with Crippen LogP contribution in [0.15, 0.2) is 47.1 Å². The van der Waals surface area contributed by atoms with Gasteiger partial charge in [-0.25, -0.2) is 0 Å². The van der Waals surface area contributed by atoms with E-state index >= 15 is 0 Å². The first-order valence-corrected chi connectivity index (χ1v) is 6.13. The molecule has 4 nitrogen and oxygen atoms in total. The molecular formula is C14H10ClN3O. The van der Waals surface area contributed by atoms with E-state index in [0.717, 1.165) is 11.1 Å². The second-order valence-electron chi connectivity index (χ2n) is 4.12. The molecule has 94 valence electrons. The lowest BCUT2D eigenvalue weighted by Gasteiger charge is -1.99. The molecule has 2 heterocycles. The molecule has 3 aromatic rings. The predicted octanol–water partition coefficient (Wildman–Crippen LogP) is 3.76. The number of nitrogens with zero attached hydrogens (tertiary/aromatic N) is 3. The number of benzene rings is 1. The van der Waals surface area contributed by atoms with Crippen LogP contribution in [0.2, 0.25) is 5.02 Å². The Bertz CT molecular complexity index is 710. The van der Waals surface area contributed by atoms with E-state index in [2.05, 4.69) is 15.1 Å². The van der Waals surface area contributed by atoms with Crippen LogP contribution < -0.4 is 0 Å². The van der Waals surface area contributed by atoms with Crippen molar-refractivity contribution in [3.8, 4) is 23.0 Å². The van der Waals surface area contributed by atoms with Crippen molar-refractivity contribution in [1.82, 2.24) is 15.1 Å². The SMILES string of the molecule is Cc1ccc(-c2nc(-c3ccccn3)no2)c(Cl)c1. The first kappa shape index (κ1) is 11.9. The quantitative estimate of drug-likeness (QED) is 0.712. The van der Waals surface area contributed by atoms with Crippen LogP contribution in [0, 0.1) is 6.92 Å². The Kier molecular flexibility index (Phi) is 3.01. The molecule has 0 amide bonds. The summed E-state index contributed by atoms with van der Waals surface area (Å²) in [6.45, 7) is 1.97. The molecule has 0 fully saturated rings. The van der Waals surface area contributed by atoms with Crippen LogP contribution in [0.4, 0.5) is 0 Å². The Hall–Kier alpha value is -2.20. The van der Waals surface area contributed by atoms with Gasteiger partial charge in [-0.1, -0.05) is 28.9 Å². The van der Waals surface area contributed by atoms with E-state index in [4.69, 9.17) is 16.1 Å². The molecule has 0 radical (unpaired) electrons. The average Bonchev–Trinajstić information content (AvgIpc) is 2.89. The zero-order valence-electron chi connectivity index (χ0n) is 10.2. The average molecular weight is 272 g/mol. The van der Waals surface area contributed by atoms with Crippen LogP contribution in [-0.2, 0) is 0 Å². The summed E-state index contributed by atoms with van der Waals surface area (Å²) in [5, 5.41) is 4.51. The summed E-state index contributed by atoms with van der Waals surface area (Å²) >= 11 is 6.18. The van der Waals surface area contributed by atoms with Crippen molar-refractivity contribution in [1.29, 1.82) is 0 Å². The molecule has 0 aliphatic heterocycles. The molecule has 5 heteroatoms. The number of hydrogen-bond donors (Lipinski definition) is 0. The minimum Gasteiger partial charge on any atom is -0.334 e. The Morgan fingerprint density at radius 1 is 1.16 bits per heavy atom. The largest absolute Gasteiger partial charge is 0.334 e. The van der Waals surface area contributed by atoms with Crippen molar-refractivity contribution in [2.75, 3.05) is 0 Å². The maximum Gasteiger partial charge on any atom is 0.259 e. The van der Waals surface area contributed by atoms with Crippen molar-refractivity contribution in [3.63, 3.8) is 0 Å². The van der Waals surface area contributed by atoms with Gasteiger partial charge in [0.2, 0.25) is 5.82 Å². The molecule has 1 aromatic carbocycles. The van der Waals surface area contributed by atoms with Crippen LogP contribution in [0.25, 0.3) is 23.0 Å². The van der Waals surface area contributed by atoms with Crippen molar-refractivity contribution in [2.45, 2.75) is 6.92 Å². The van der Waals surface area contributed by atoms with Gasteiger partial charge in [-0.15, -0.1) is 0 Å². The second kappa shape index (κ2) is 4.82. The smallest absolute Gasteiger partial charge is 0.259 e. The molecule has 19 heavy (non-hydrogen) atoms. The third kappa shape index (κ3) is 2.35. The van der Waals surface area contributed by atoms with E-state index in [1.807, 2.05) is 43.3 Å². The molecule has 3 rings (SSSR count). The monoisotopic (exact) mass is 271 g/mol. The Labute approximate surface area is 115 Å². The van der Waals surface area contributed by atoms with Crippen LogP contribution in [0.5, 0.6) is 0 Å². The van der Waals surface area contributed by atoms with Gasteiger partial charge in [0.15, 0.2) is 0 Å². The highest BCUT2D eigenvalue weighted by Crippen LogP contribution is 2.28. The maximum atomic E-state index is 6.18. The fraction of sp³-hybridized carbons (Fsp3) is 0.0714. The minimum atomic E-state index is 0.394. The number of aromatic nitrogens is 3. The highest BCUT2D eigenvalue weighted by Gasteiger charge is 2.13. The van der Waals surface area contributed by atoms with E-state index in [1.165, 1.54) is 0 Å². The van der Waals surface area contributed by atoms with Crippen LogP contribution >= 0.6 is 11.6 Å². The number of pyridine rings is 1. The van der Waals surface area contributed by atoms with Crippen molar-refractivity contribution in [2.24, 2.45) is 0 Å². The summed E-state index contributed by atoms with van der Waals surface area (Å²) in [6.07, 6.45) is 1.68. The summed E-state index contributed by atoms with van der Waals surface area (Å²) in [5.41, 5.74) is 2.47. The topological polar surface area (TPSA) is 51.8 Å². The number of halogens is 1. The van der Waals surface area contributed by atoms with Crippen molar-refractivity contribution >= 4 is 11.6 Å². The van der Waals surface area contributed by atoms with Crippen LogP contribution in [0.3, 0.4) is 0 Å². The Morgan fingerprint density at radius 3 is 2.79 bits per heavy atom. The molecule has 0 N–H and O–H groups in total. The standard InChI is InChI=1S/C14H10ClN3O/c1-9-5-6-10(11(15)8-9)14-17-13(18-19-14)12-4-2-3-7-16-12/h2-8H,1H3. The molecule has 0 spiro atoms. The van der Waals surface area contributed by atoms with Gasteiger partial charge in [0.05, 0.1) is 10.6 Å². The molecule has 2 aromatic heterocycles. The van der Waals surface area contributed by atoms with Gasteiger partial charge in [0.1, 0.15) is 5.69 Å². The zero-order valence-corrected chi connectivity index (χ0v) is 10.9. The van der Waals surface area contributed by atoms with Gasteiger partial charge in [-0.05, 0) is 36.8 Å². The zero-order chi connectivity index (χ0) is 13.2. The predicted molar refractivity (Wildman–Crippen MR) is 72.7 cm³/mol. The van der Waals surface area contributed by atoms with Crippen LogP contribution in [0.1, 0.15) is 5.56 Å². The molecule has 0 unspecified atom stereocenters. The fourth-order valence-electron chi connectivity index (χ4n) is 1.73. The molecule has 0 aliphatic carbocycles. The second-order valence-corrected chi connectivity index (χ2v) is 4.53. The van der Waals surface area contributed by atoms with E-state index in [9.17, 15) is 0 Å². The summed E-state index contributed by atoms with van der Waals surface area (Å²) in [6, 6.07) is 11.2. The van der Waals surface area contributed by atoms with E-state index in [0.29, 0.717) is 22.4 Å². The third-order valence-corrected chi connectivity index (χ3v) is 2.99. The molecule has 0 saturated heterocycles. The first-order chi connectivity index (χ1) is 9.24. The number of hydrogen-bond acceptors (Lipinski definition) is 4. The van der Waals surface area contributed by atoms with Crippen LogP contribution in [-0.4, -0.2) is 15.1 Å². The number of rotatable bonds is 2. The minimum absolute atomic E-state index is 0.394. The van der Waals surface area contributed by atoms with Gasteiger partial charge < -0.3 is 4.52 Å². The third-order valence-electron chi connectivity index (χ3n) is 2.68. The van der Waals surface area contributed by atoms with Gasteiger partial charge in [-0.2, -0.15) is 4.98 Å². The fourth-order valence-corrected chi connectivity index (χ4v) is 2.04. The lowest BCUT2D eigenvalue weighted by atomic mass is 10.1.